The molecule has 0 spiro atoms. The molecule has 0 aromatic rings. The van der Waals surface area contributed by atoms with Crippen LogP contribution in [0.5, 0.6) is 0 Å². The lowest BCUT2D eigenvalue weighted by atomic mass is 9.88. The summed E-state index contributed by atoms with van der Waals surface area (Å²) in [7, 11) is 2.30. The van der Waals surface area contributed by atoms with Crippen molar-refractivity contribution >= 4 is 5.97 Å². The van der Waals surface area contributed by atoms with E-state index in [-0.39, 0.29) is 17.5 Å². The van der Waals surface area contributed by atoms with Crippen LogP contribution in [0.4, 0.5) is 0 Å². The van der Waals surface area contributed by atoms with Crippen molar-refractivity contribution in [3.63, 3.8) is 0 Å². The van der Waals surface area contributed by atoms with Gasteiger partial charge in [-0.2, -0.15) is 0 Å². The molecule has 1 saturated carbocycles. The van der Waals surface area contributed by atoms with Gasteiger partial charge in [-0.3, -0.25) is 4.79 Å². The number of esters is 1. The number of piperidine rings is 1. The first-order valence-corrected chi connectivity index (χ1v) is 8.93. The van der Waals surface area contributed by atoms with E-state index in [0.717, 1.165) is 23.9 Å². The number of nitrogens with zero attached hydrogens (tertiary/aromatic N) is 1. The molecule has 0 aromatic carbocycles. The van der Waals surface area contributed by atoms with Crippen molar-refractivity contribution < 1.29 is 14.0 Å². The topological polar surface area (TPSA) is 26.3 Å². The van der Waals surface area contributed by atoms with Crippen LogP contribution in [0.15, 0.2) is 0 Å². The van der Waals surface area contributed by atoms with E-state index in [1.165, 1.54) is 45.2 Å². The van der Waals surface area contributed by atoms with E-state index in [1.54, 1.807) is 0 Å². The molecular weight excluding hydrogens is 262 g/mol. The first kappa shape index (κ1) is 16.8. The Bertz CT molecular complexity index is 352. The molecule has 3 heteroatoms. The minimum absolute atomic E-state index is 0.0179. The number of quaternary nitrogens is 1. The van der Waals surface area contributed by atoms with Crippen molar-refractivity contribution in [3.05, 3.63) is 0 Å². The van der Waals surface area contributed by atoms with E-state index in [4.69, 9.17) is 4.74 Å². The second kappa shape index (κ2) is 6.68. The van der Waals surface area contributed by atoms with Crippen LogP contribution in [-0.2, 0) is 9.53 Å². The van der Waals surface area contributed by atoms with Gasteiger partial charge >= 0.3 is 5.97 Å². The van der Waals surface area contributed by atoms with Crippen molar-refractivity contribution in [2.24, 2.45) is 11.8 Å². The average Bonchev–Trinajstić information content (AvgIpc) is 2.89. The summed E-state index contributed by atoms with van der Waals surface area (Å²) >= 11 is 0. The molecule has 1 saturated heterocycles. The third kappa shape index (κ3) is 4.00. The van der Waals surface area contributed by atoms with Crippen LogP contribution in [0.3, 0.4) is 0 Å². The molecule has 2 aliphatic rings. The van der Waals surface area contributed by atoms with E-state index in [0.29, 0.717) is 5.92 Å². The minimum Gasteiger partial charge on any atom is -0.458 e. The Labute approximate surface area is 130 Å². The van der Waals surface area contributed by atoms with Crippen LogP contribution < -0.4 is 0 Å². The summed E-state index contributed by atoms with van der Waals surface area (Å²) in [5.74, 6) is 0.482. The molecule has 0 amide bonds. The lowest BCUT2D eigenvalue weighted by Crippen LogP contribution is -2.52. The molecule has 1 aliphatic heterocycles. The van der Waals surface area contributed by atoms with Gasteiger partial charge in [0.15, 0.2) is 0 Å². The zero-order valence-corrected chi connectivity index (χ0v) is 14.5. The highest BCUT2D eigenvalue weighted by Crippen LogP contribution is 2.39. The molecule has 122 valence electrons. The number of rotatable bonds is 5. The van der Waals surface area contributed by atoms with Crippen molar-refractivity contribution in [3.8, 4) is 0 Å². The lowest BCUT2D eigenvalue weighted by Gasteiger charge is -2.40. The third-order valence-electron chi connectivity index (χ3n) is 5.82. The monoisotopic (exact) mass is 296 g/mol. The SMILES string of the molecule is CC(C[N+]1(C)CCCCC1)C(=O)OC1(C(C)C)CCCC1. The van der Waals surface area contributed by atoms with Crippen molar-refractivity contribution in [2.75, 3.05) is 26.7 Å². The van der Waals surface area contributed by atoms with Crippen LogP contribution in [0.2, 0.25) is 0 Å². The summed E-state index contributed by atoms with van der Waals surface area (Å²) in [6, 6.07) is 0. The maximum Gasteiger partial charge on any atom is 0.314 e. The minimum atomic E-state index is -0.175. The van der Waals surface area contributed by atoms with Gasteiger partial charge in [0.2, 0.25) is 0 Å². The summed E-state index contributed by atoms with van der Waals surface area (Å²) in [5.41, 5.74) is -0.175. The molecule has 0 bridgehead atoms. The molecular formula is C18H34NO2+. The van der Waals surface area contributed by atoms with Crippen LogP contribution in [0.25, 0.3) is 0 Å². The second-order valence-electron chi connectivity index (χ2n) is 8.06. The van der Waals surface area contributed by atoms with E-state index in [9.17, 15) is 4.79 Å². The van der Waals surface area contributed by atoms with Crippen molar-refractivity contribution in [1.29, 1.82) is 0 Å². The maximum absolute atomic E-state index is 12.6. The first-order chi connectivity index (χ1) is 9.87. The molecule has 2 rings (SSSR count). The van der Waals surface area contributed by atoms with Gasteiger partial charge in [-0.05, 0) is 57.8 Å². The fourth-order valence-corrected chi connectivity index (χ4v) is 4.27. The van der Waals surface area contributed by atoms with Gasteiger partial charge in [-0.15, -0.1) is 0 Å². The highest BCUT2D eigenvalue weighted by molar-refractivity contribution is 5.72. The number of carbonyl (C=O) groups is 1. The Kier molecular flexibility index (Phi) is 5.34. The smallest absolute Gasteiger partial charge is 0.314 e. The first-order valence-electron chi connectivity index (χ1n) is 8.93. The van der Waals surface area contributed by atoms with Gasteiger partial charge in [0, 0.05) is 0 Å². The fraction of sp³-hybridized carbons (Fsp3) is 0.944. The molecule has 0 radical (unpaired) electrons. The quantitative estimate of drug-likeness (QED) is 0.570. The average molecular weight is 296 g/mol. The Morgan fingerprint density at radius 2 is 1.62 bits per heavy atom. The van der Waals surface area contributed by atoms with Gasteiger partial charge in [0.1, 0.15) is 11.5 Å². The van der Waals surface area contributed by atoms with Gasteiger partial charge in [0.25, 0.3) is 0 Å². The van der Waals surface area contributed by atoms with E-state index < -0.39 is 0 Å². The molecule has 1 aliphatic carbocycles. The highest BCUT2D eigenvalue weighted by Gasteiger charge is 2.42. The van der Waals surface area contributed by atoms with E-state index in [2.05, 4.69) is 27.8 Å². The van der Waals surface area contributed by atoms with E-state index >= 15 is 0 Å². The number of hydrogen-bond donors (Lipinski definition) is 0. The molecule has 2 fully saturated rings. The molecule has 1 atom stereocenters. The summed E-state index contributed by atoms with van der Waals surface area (Å²) in [6.07, 6.45) is 8.46. The summed E-state index contributed by atoms with van der Waals surface area (Å²) < 4.78 is 7.11. The van der Waals surface area contributed by atoms with Crippen LogP contribution >= 0.6 is 0 Å². The predicted octanol–water partition coefficient (Wildman–Crippen LogP) is 3.77. The fourth-order valence-electron chi connectivity index (χ4n) is 4.27. The largest absolute Gasteiger partial charge is 0.458 e. The second-order valence-corrected chi connectivity index (χ2v) is 8.06. The number of ether oxygens (including phenoxy) is 1. The molecule has 3 nitrogen and oxygen atoms in total. The van der Waals surface area contributed by atoms with Crippen molar-refractivity contribution in [2.45, 2.75) is 71.3 Å². The zero-order chi connectivity index (χ0) is 15.5. The Morgan fingerprint density at radius 1 is 1.05 bits per heavy atom. The van der Waals surface area contributed by atoms with Crippen LogP contribution in [0.1, 0.15) is 65.7 Å². The van der Waals surface area contributed by atoms with Gasteiger partial charge in [-0.25, -0.2) is 0 Å². The van der Waals surface area contributed by atoms with Crippen molar-refractivity contribution in [1.82, 2.24) is 0 Å². The van der Waals surface area contributed by atoms with Crippen LogP contribution in [0, 0.1) is 11.8 Å². The lowest BCUT2D eigenvalue weighted by molar-refractivity contribution is -0.916. The molecule has 0 aromatic heterocycles. The van der Waals surface area contributed by atoms with Gasteiger partial charge in [0.05, 0.1) is 26.7 Å². The van der Waals surface area contributed by atoms with Gasteiger partial charge in [-0.1, -0.05) is 13.8 Å². The Balaban J connectivity index is 1.92. The molecule has 1 heterocycles. The molecule has 1 unspecified atom stereocenters. The third-order valence-corrected chi connectivity index (χ3v) is 5.82. The summed E-state index contributed by atoms with van der Waals surface area (Å²) in [6.45, 7) is 9.82. The Hall–Kier alpha value is -0.570. The van der Waals surface area contributed by atoms with Crippen LogP contribution in [-0.4, -0.2) is 42.7 Å². The number of carbonyl (C=O) groups excluding carboxylic acids is 1. The molecule has 0 N–H and O–H groups in total. The number of hydrogen-bond acceptors (Lipinski definition) is 2. The number of likely N-dealkylation sites (tertiary alicyclic amines) is 1. The molecule has 21 heavy (non-hydrogen) atoms. The Morgan fingerprint density at radius 3 is 2.14 bits per heavy atom. The maximum atomic E-state index is 12.6. The normalized spacial score (nSPS) is 25.8. The predicted molar refractivity (Wildman–Crippen MR) is 85.9 cm³/mol. The van der Waals surface area contributed by atoms with E-state index in [1.807, 2.05) is 0 Å². The zero-order valence-electron chi connectivity index (χ0n) is 14.5. The van der Waals surface area contributed by atoms with Gasteiger partial charge < -0.3 is 9.22 Å². The highest BCUT2D eigenvalue weighted by atomic mass is 16.6. The standard InChI is InChI=1S/C18H34NO2/c1-15(2)18(10-6-7-11-18)21-17(20)16(3)14-19(4)12-8-5-9-13-19/h15-16H,5-14H2,1-4H3/q+1. The summed E-state index contributed by atoms with van der Waals surface area (Å²) in [4.78, 5) is 12.6. The summed E-state index contributed by atoms with van der Waals surface area (Å²) in [5, 5.41) is 0.